The van der Waals surface area contributed by atoms with Crippen LogP contribution in [0.4, 0.5) is 0 Å². The summed E-state index contributed by atoms with van der Waals surface area (Å²) in [5.74, 6) is 0.961. The number of hydrogen-bond acceptors (Lipinski definition) is 1. The molecule has 1 aromatic rings. The molecule has 0 aliphatic carbocycles. The highest BCUT2D eigenvalue weighted by Gasteiger charge is 2.04. The zero-order valence-electron chi connectivity index (χ0n) is 14.8. The number of para-hydroxylation sites is 1. The molecule has 1 heteroatoms. The predicted octanol–water partition coefficient (Wildman–Crippen LogP) is 7.32. The Kier molecular flexibility index (Phi) is 11.8. The Labute approximate surface area is 138 Å². The quantitative estimate of drug-likeness (QED) is 0.327. The standard InChI is InChI=1S/C21H35O/c1-3-4-5-6-7-8-9-10-11-12-14-17-20(2)22-21-18-15-13-16-19-21/h13,15-16,18-19H,3-12,14,17H2,1-2H3. The lowest BCUT2D eigenvalue weighted by molar-refractivity contribution is 0.311. The van der Waals surface area contributed by atoms with E-state index in [2.05, 4.69) is 13.8 Å². The normalized spacial score (nSPS) is 11.0. The average Bonchev–Trinajstić information content (AvgIpc) is 2.53. The van der Waals surface area contributed by atoms with Crippen LogP contribution in [0.5, 0.6) is 5.75 Å². The Morgan fingerprint density at radius 1 is 0.727 bits per heavy atom. The highest BCUT2D eigenvalue weighted by Crippen LogP contribution is 2.19. The van der Waals surface area contributed by atoms with Crippen molar-refractivity contribution in [1.82, 2.24) is 0 Å². The first-order chi connectivity index (χ1) is 10.8. The van der Waals surface area contributed by atoms with Gasteiger partial charge in [-0.25, -0.2) is 0 Å². The molecular formula is C21H35O. The van der Waals surface area contributed by atoms with Gasteiger partial charge in [0.25, 0.3) is 0 Å². The van der Waals surface area contributed by atoms with Crippen LogP contribution < -0.4 is 4.74 Å². The molecule has 0 aliphatic heterocycles. The summed E-state index contributed by atoms with van der Waals surface area (Å²) in [5, 5.41) is 0. The van der Waals surface area contributed by atoms with E-state index in [4.69, 9.17) is 4.74 Å². The summed E-state index contributed by atoms with van der Waals surface area (Å²) >= 11 is 0. The van der Waals surface area contributed by atoms with Crippen LogP contribution in [0.15, 0.2) is 30.3 Å². The minimum atomic E-state index is 0.961. The first-order valence-electron chi connectivity index (χ1n) is 9.38. The van der Waals surface area contributed by atoms with Crippen molar-refractivity contribution in [1.29, 1.82) is 0 Å². The van der Waals surface area contributed by atoms with Gasteiger partial charge in [0.1, 0.15) is 11.9 Å². The summed E-state index contributed by atoms with van der Waals surface area (Å²) < 4.78 is 5.82. The summed E-state index contributed by atoms with van der Waals surface area (Å²) in [7, 11) is 0. The van der Waals surface area contributed by atoms with E-state index in [9.17, 15) is 0 Å². The number of hydrogen-bond donors (Lipinski definition) is 0. The van der Waals surface area contributed by atoms with Crippen molar-refractivity contribution in [2.24, 2.45) is 0 Å². The second-order valence-electron chi connectivity index (χ2n) is 6.40. The molecule has 125 valence electrons. The van der Waals surface area contributed by atoms with Crippen molar-refractivity contribution < 1.29 is 4.74 Å². The van der Waals surface area contributed by atoms with Crippen molar-refractivity contribution in [3.63, 3.8) is 0 Å². The Balaban J connectivity index is 1.85. The molecule has 0 N–H and O–H groups in total. The highest BCUT2D eigenvalue weighted by molar-refractivity contribution is 5.22. The lowest BCUT2D eigenvalue weighted by atomic mass is 10.0. The Bertz CT molecular complexity index is 333. The van der Waals surface area contributed by atoms with Crippen molar-refractivity contribution >= 4 is 0 Å². The second kappa shape index (κ2) is 13.7. The molecule has 0 saturated carbocycles. The fourth-order valence-corrected chi connectivity index (χ4v) is 2.78. The van der Waals surface area contributed by atoms with E-state index >= 15 is 0 Å². The van der Waals surface area contributed by atoms with Gasteiger partial charge in [-0.2, -0.15) is 0 Å². The van der Waals surface area contributed by atoms with Gasteiger partial charge in [0.05, 0.1) is 0 Å². The minimum absolute atomic E-state index is 0.961. The fourth-order valence-electron chi connectivity index (χ4n) is 2.78. The lowest BCUT2D eigenvalue weighted by Gasteiger charge is -2.13. The van der Waals surface area contributed by atoms with E-state index in [0.717, 1.165) is 18.3 Å². The molecule has 0 aliphatic rings. The van der Waals surface area contributed by atoms with Gasteiger partial charge in [0, 0.05) is 0 Å². The van der Waals surface area contributed by atoms with Gasteiger partial charge in [0.2, 0.25) is 0 Å². The van der Waals surface area contributed by atoms with Crippen LogP contribution in [0.2, 0.25) is 0 Å². The molecule has 1 nitrogen and oxygen atoms in total. The van der Waals surface area contributed by atoms with E-state index in [0.29, 0.717) is 0 Å². The van der Waals surface area contributed by atoms with Crippen LogP contribution >= 0.6 is 0 Å². The summed E-state index contributed by atoms with van der Waals surface area (Å²) in [4.78, 5) is 0. The third-order valence-electron chi connectivity index (χ3n) is 4.17. The van der Waals surface area contributed by atoms with Crippen molar-refractivity contribution in [2.75, 3.05) is 0 Å². The zero-order valence-corrected chi connectivity index (χ0v) is 14.8. The Morgan fingerprint density at radius 3 is 1.77 bits per heavy atom. The van der Waals surface area contributed by atoms with Crippen LogP contribution in [-0.4, -0.2) is 0 Å². The third kappa shape index (κ3) is 10.7. The van der Waals surface area contributed by atoms with Crippen LogP contribution in [0, 0.1) is 6.10 Å². The maximum Gasteiger partial charge on any atom is 0.145 e. The average molecular weight is 304 g/mol. The van der Waals surface area contributed by atoms with Crippen LogP contribution in [0.3, 0.4) is 0 Å². The lowest BCUT2D eigenvalue weighted by Crippen LogP contribution is -2.01. The summed E-state index contributed by atoms with van der Waals surface area (Å²) in [6.45, 7) is 4.38. The molecule has 1 aromatic carbocycles. The Morgan fingerprint density at radius 2 is 1.23 bits per heavy atom. The topological polar surface area (TPSA) is 9.23 Å². The number of unbranched alkanes of at least 4 members (excludes halogenated alkanes) is 10. The molecule has 1 rings (SSSR count). The molecule has 0 fully saturated rings. The van der Waals surface area contributed by atoms with E-state index in [1.54, 1.807) is 0 Å². The molecule has 0 unspecified atom stereocenters. The van der Waals surface area contributed by atoms with Gasteiger partial charge in [-0.05, 0) is 31.9 Å². The van der Waals surface area contributed by atoms with E-state index in [-0.39, 0.29) is 0 Å². The molecule has 0 aromatic heterocycles. The smallest absolute Gasteiger partial charge is 0.145 e. The van der Waals surface area contributed by atoms with Crippen LogP contribution in [0.1, 0.15) is 90.9 Å². The SMILES string of the molecule is CCCCCCCCCCCCC[C](C)Oc1ccccc1. The number of rotatable bonds is 14. The monoisotopic (exact) mass is 303 g/mol. The van der Waals surface area contributed by atoms with Crippen LogP contribution in [0.25, 0.3) is 0 Å². The van der Waals surface area contributed by atoms with Crippen molar-refractivity contribution in [3.05, 3.63) is 36.4 Å². The van der Waals surface area contributed by atoms with Gasteiger partial charge >= 0.3 is 0 Å². The second-order valence-corrected chi connectivity index (χ2v) is 6.40. The van der Waals surface area contributed by atoms with E-state index in [1.165, 1.54) is 70.6 Å². The summed E-state index contributed by atoms with van der Waals surface area (Å²) in [6.07, 6.45) is 17.6. The Hall–Kier alpha value is -0.980. The summed E-state index contributed by atoms with van der Waals surface area (Å²) in [6, 6.07) is 10.1. The largest absolute Gasteiger partial charge is 0.483 e. The minimum Gasteiger partial charge on any atom is -0.483 e. The number of benzene rings is 1. The maximum absolute atomic E-state index is 5.82. The molecule has 1 radical (unpaired) electrons. The molecule has 0 saturated heterocycles. The van der Waals surface area contributed by atoms with Crippen molar-refractivity contribution in [3.8, 4) is 5.75 Å². The zero-order chi connectivity index (χ0) is 15.9. The molecule has 0 spiro atoms. The molecule has 0 heterocycles. The first-order valence-corrected chi connectivity index (χ1v) is 9.38. The maximum atomic E-state index is 5.82. The van der Waals surface area contributed by atoms with E-state index < -0.39 is 0 Å². The van der Waals surface area contributed by atoms with Crippen molar-refractivity contribution in [2.45, 2.75) is 90.9 Å². The van der Waals surface area contributed by atoms with Crippen LogP contribution in [-0.2, 0) is 0 Å². The van der Waals surface area contributed by atoms with Gasteiger partial charge in [-0.1, -0.05) is 89.3 Å². The molecule has 0 bridgehead atoms. The molecule has 0 amide bonds. The van der Waals surface area contributed by atoms with Gasteiger partial charge < -0.3 is 4.74 Å². The first kappa shape index (κ1) is 19.1. The molecule has 22 heavy (non-hydrogen) atoms. The predicted molar refractivity (Wildman–Crippen MR) is 97.1 cm³/mol. The highest BCUT2D eigenvalue weighted by atomic mass is 16.5. The van der Waals surface area contributed by atoms with Gasteiger partial charge in [0.15, 0.2) is 0 Å². The molecule has 0 atom stereocenters. The van der Waals surface area contributed by atoms with Gasteiger partial charge in [-0.3, -0.25) is 0 Å². The third-order valence-corrected chi connectivity index (χ3v) is 4.17. The van der Waals surface area contributed by atoms with E-state index in [1.807, 2.05) is 30.3 Å². The number of ether oxygens (including phenoxy) is 1. The fraction of sp³-hybridized carbons (Fsp3) is 0.667. The summed E-state index contributed by atoms with van der Waals surface area (Å²) in [5.41, 5.74) is 0. The molecular weight excluding hydrogens is 268 g/mol. The van der Waals surface area contributed by atoms with Gasteiger partial charge in [-0.15, -0.1) is 0 Å².